The van der Waals surface area contributed by atoms with Gasteiger partial charge in [0.05, 0.1) is 0 Å². The number of carbonyl (C=O) groups is 1. The first-order valence-electron chi connectivity index (χ1n) is 3.52. The van der Waals surface area contributed by atoms with Gasteiger partial charge in [-0.1, -0.05) is 6.07 Å². The van der Waals surface area contributed by atoms with E-state index in [-0.39, 0.29) is 224 Å². The molecule has 0 radical (unpaired) electrons. The van der Waals surface area contributed by atoms with Gasteiger partial charge in [-0.25, -0.2) is 4.79 Å². The molecule has 1 aromatic rings. The molecule has 0 atom stereocenters. The molecule has 0 unspecified atom stereocenters. The Morgan fingerprint density at radius 3 is 2.00 bits per heavy atom. The minimum Gasteiger partial charge on any atom is -2.00 e. The average Bonchev–Trinajstić information content (AvgIpc) is 2.07. The zero-order valence-electron chi connectivity index (χ0n) is 10.0. The molecule has 1 aromatic carbocycles. The Labute approximate surface area is 276 Å². The Balaban J connectivity index is -0.000000211. The third kappa shape index (κ3) is 13.5. The summed E-state index contributed by atoms with van der Waals surface area (Å²) >= 11 is 0. The molecule has 0 aliphatic carbocycles. The van der Waals surface area contributed by atoms with E-state index in [0.717, 1.165) is 6.08 Å². The van der Waals surface area contributed by atoms with Gasteiger partial charge >= 0.3 is 213 Å². The molecule has 3 N–H and O–H groups in total. The van der Waals surface area contributed by atoms with Gasteiger partial charge in [0, 0.05) is 6.08 Å². The number of benzene rings is 1. The number of rotatable bonds is 2. The third-order valence-electron chi connectivity index (χ3n) is 1.42. The largest absolute Gasteiger partial charge is 2.00 e. The van der Waals surface area contributed by atoms with Crippen molar-refractivity contribution in [3.63, 3.8) is 0 Å². The van der Waals surface area contributed by atoms with Crippen LogP contribution in [0.1, 0.15) is 5.56 Å². The van der Waals surface area contributed by atoms with E-state index in [2.05, 4.69) is 0 Å². The molecule has 0 saturated carbocycles. The van der Waals surface area contributed by atoms with Crippen LogP contribution in [0.3, 0.4) is 0 Å². The molecule has 0 saturated heterocycles. The SMILES string of the molecule is O=C(O)C=Cc1ccc(O)c(O)c1.[Cs+].[Cs+].[Cs+].[O-2]. The molecule has 0 bridgehead atoms. The quantitative estimate of drug-likeness (QED) is 0.234. The van der Waals surface area contributed by atoms with E-state index >= 15 is 0 Å². The number of phenols is 2. The first-order valence-corrected chi connectivity index (χ1v) is 3.52. The fourth-order valence-corrected chi connectivity index (χ4v) is 0.812. The minimum absolute atomic E-state index is 0. The van der Waals surface area contributed by atoms with Crippen LogP contribution in [-0.4, -0.2) is 21.3 Å². The van der Waals surface area contributed by atoms with Crippen molar-refractivity contribution in [2.75, 3.05) is 0 Å². The number of aliphatic carboxylic acids is 1. The van der Waals surface area contributed by atoms with Gasteiger partial charge < -0.3 is 20.8 Å². The van der Waals surface area contributed by atoms with Crippen LogP contribution in [0.25, 0.3) is 6.08 Å². The van der Waals surface area contributed by atoms with Gasteiger partial charge in [0.15, 0.2) is 11.5 Å². The first kappa shape index (κ1) is 29.2. The van der Waals surface area contributed by atoms with Gasteiger partial charge in [-0.2, -0.15) is 0 Å². The first-order chi connectivity index (χ1) is 6.09. The molecule has 0 heterocycles. The second kappa shape index (κ2) is 16.5. The normalized spacial score (nSPS) is 8.00. The summed E-state index contributed by atoms with van der Waals surface area (Å²) in [6.45, 7) is 0. The summed E-state index contributed by atoms with van der Waals surface area (Å²) in [4.78, 5) is 10.1. The molecule has 0 amide bonds. The molecule has 76 valence electrons. The number of hydrogen-bond acceptors (Lipinski definition) is 3. The van der Waals surface area contributed by atoms with Gasteiger partial charge in [0.25, 0.3) is 0 Å². The van der Waals surface area contributed by atoms with Crippen molar-refractivity contribution >= 4 is 12.0 Å². The molecule has 1 rings (SSSR count). The van der Waals surface area contributed by atoms with Crippen LogP contribution >= 0.6 is 0 Å². The van der Waals surface area contributed by atoms with Crippen molar-refractivity contribution < 1.29 is 232 Å². The summed E-state index contributed by atoms with van der Waals surface area (Å²) in [6.07, 6.45) is 2.27. The summed E-state index contributed by atoms with van der Waals surface area (Å²) in [6, 6.07) is 4.06. The van der Waals surface area contributed by atoms with E-state index in [9.17, 15) is 4.79 Å². The predicted molar refractivity (Wildman–Crippen MR) is 47.1 cm³/mol. The van der Waals surface area contributed by atoms with E-state index in [1.165, 1.54) is 24.3 Å². The summed E-state index contributed by atoms with van der Waals surface area (Å²) in [7, 11) is 0. The van der Waals surface area contributed by atoms with Crippen molar-refractivity contribution in [2.45, 2.75) is 0 Å². The van der Waals surface area contributed by atoms with Crippen molar-refractivity contribution in [3.05, 3.63) is 29.8 Å². The van der Waals surface area contributed by atoms with Gasteiger partial charge in [-0.05, 0) is 23.8 Å². The zero-order valence-corrected chi connectivity index (χ0v) is 28.9. The minimum atomic E-state index is -1.06. The summed E-state index contributed by atoms with van der Waals surface area (Å²) in [5, 5.41) is 26.3. The Hall–Kier alpha value is 4.15. The molecule has 0 fully saturated rings. The van der Waals surface area contributed by atoms with Crippen molar-refractivity contribution in [2.24, 2.45) is 0 Å². The molecular formula is C9H8Cs3O5+. The number of aromatic hydroxyl groups is 2. The van der Waals surface area contributed by atoms with E-state index in [4.69, 9.17) is 15.3 Å². The maximum atomic E-state index is 10.1. The zero-order chi connectivity index (χ0) is 9.84. The third-order valence-corrected chi connectivity index (χ3v) is 1.42. The number of carboxylic acids is 1. The second-order valence-corrected chi connectivity index (χ2v) is 2.42. The second-order valence-electron chi connectivity index (χ2n) is 2.42. The van der Waals surface area contributed by atoms with Gasteiger partial charge in [0.2, 0.25) is 0 Å². The average molecular weight is 595 g/mol. The molecule has 0 spiro atoms. The molecule has 0 aliphatic rings. The van der Waals surface area contributed by atoms with Crippen LogP contribution in [0.15, 0.2) is 24.3 Å². The van der Waals surface area contributed by atoms with E-state index < -0.39 is 5.97 Å². The van der Waals surface area contributed by atoms with Crippen LogP contribution < -0.4 is 207 Å². The monoisotopic (exact) mass is 595 g/mol. The number of hydrogen-bond donors (Lipinski definition) is 3. The van der Waals surface area contributed by atoms with Crippen molar-refractivity contribution in [1.82, 2.24) is 0 Å². The molecular weight excluding hydrogens is 587 g/mol. The van der Waals surface area contributed by atoms with Gasteiger partial charge in [-0.3, -0.25) is 0 Å². The van der Waals surface area contributed by atoms with Crippen molar-refractivity contribution in [1.29, 1.82) is 0 Å². The Kier molecular flexibility index (Phi) is 28.4. The molecule has 0 aromatic heterocycles. The standard InChI is InChI=1S/C9H8O4.3Cs.O/c10-7-3-1-6(5-8(7)11)2-4-9(12)13;;;;/h1-5,10-11H,(H,12,13);;;;/q;3*+1;-2. The van der Waals surface area contributed by atoms with Crippen molar-refractivity contribution in [3.8, 4) is 11.5 Å². The van der Waals surface area contributed by atoms with Crippen LogP contribution in [0.2, 0.25) is 0 Å². The molecule has 0 aliphatic heterocycles. The maximum absolute atomic E-state index is 10.1. The maximum Gasteiger partial charge on any atom is 1.00 e. The van der Waals surface area contributed by atoms with E-state index in [1.54, 1.807) is 0 Å². The van der Waals surface area contributed by atoms with E-state index in [1.807, 2.05) is 0 Å². The number of phenolic OH excluding ortho intramolecular Hbond substituents is 2. The summed E-state index contributed by atoms with van der Waals surface area (Å²) < 4.78 is 0. The molecule has 5 nitrogen and oxygen atoms in total. The Morgan fingerprint density at radius 1 is 1.06 bits per heavy atom. The smallest absolute Gasteiger partial charge is 1.00 e. The van der Waals surface area contributed by atoms with Gasteiger partial charge in [0.1, 0.15) is 0 Å². The van der Waals surface area contributed by atoms with E-state index in [0.29, 0.717) is 5.56 Å². The Bertz CT molecular complexity index is 368. The fourth-order valence-electron chi connectivity index (χ4n) is 0.812. The van der Waals surface area contributed by atoms with Crippen LogP contribution in [0, 0.1) is 0 Å². The molecule has 17 heavy (non-hydrogen) atoms. The van der Waals surface area contributed by atoms with Crippen LogP contribution in [0.5, 0.6) is 11.5 Å². The van der Waals surface area contributed by atoms with Crippen LogP contribution in [-0.2, 0) is 10.3 Å². The fraction of sp³-hybridized carbons (Fsp3) is 0. The topological polar surface area (TPSA) is 106 Å². The number of carboxylic acid groups (broad SMARTS) is 1. The predicted octanol–water partition coefficient (Wildman–Crippen LogP) is -7.91. The Morgan fingerprint density at radius 2 is 1.59 bits per heavy atom. The van der Waals surface area contributed by atoms with Gasteiger partial charge in [-0.15, -0.1) is 0 Å². The summed E-state index contributed by atoms with van der Waals surface area (Å²) in [5.41, 5.74) is 0.512. The van der Waals surface area contributed by atoms with Crippen LogP contribution in [0.4, 0.5) is 0 Å². The molecule has 8 heteroatoms. The summed E-state index contributed by atoms with van der Waals surface area (Å²) in [5.74, 6) is -1.56.